The Hall–Kier alpha value is -2.55. The summed E-state index contributed by atoms with van der Waals surface area (Å²) in [5.41, 5.74) is 3.35. The van der Waals surface area contributed by atoms with Crippen LogP contribution in [-0.2, 0) is 0 Å². The van der Waals surface area contributed by atoms with Crippen LogP contribution < -0.4 is 10.6 Å². The molecule has 2 unspecified atom stereocenters. The van der Waals surface area contributed by atoms with Crippen molar-refractivity contribution in [1.29, 1.82) is 0 Å². The maximum atomic E-state index is 10.7. The average molecular weight is 375 g/mol. The van der Waals surface area contributed by atoms with Gasteiger partial charge in [-0.1, -0.05) is 6.07 Å². The number of anilines is 1. The van der Waals surface area contributed by atoms with Crippen molar-refractivity contribution >= 4 is 28.7 Å². The molecule has 0 radical (unpaired) electrons. The van der Waals surface area contributed by atoms with Crippen LogP contribution in [0.1, 0.15) is 22.8 Å². The summed E-state index contributed by atoms with van der Waals surface area (Å²) < 4.78 is 0. The van der Waals surface area contributed by atoms with Gasteiger partial charge in [-0.3, -0.25) is 10.1 Å². The second-order valence-electron chi connectivity index (χ2n) is 6.06. The number of nitro benzene ring substituents is 1. The molecule has 138 valence electrons. The molecular formula is C18H21N3O4S. The van der Waals surface area contributed by atoms with E-state index in [4.69, 9.17) is 12.2 Å². The number of benzene rings is 2. The summed E-state index contributed by atoms with van der Waals surface area (Å²) in [5.74, 6) is 0. The zero-order chi connectivity index (χ0) is 19.3. The maximum Gasteiger partial charge on any atom is 0.269 e. The van der Waals surface area contributed by atoms with E-state index in [9.17, 15) is 20.3 Å². The molecule has 0 saturated heterocycles. The lowest BCUT2D eigenvalue weighted by molar-refractivity contribution is -0.384. The van der Waals surface area contributed by atoms with Crippen LogP contribution in [0, 0.1) is 24.0 Å². The number of hydrogen-bond donors (Lipinski definition) is 4. The van der Waals surface area contributed by atoms with Gasteiger partial charge in [-0.25, -0.2) is 0 Å². The van der Waals surface area contributed by atoms with Gasteiger partial charge in [-0.05, 0) is 67.0 Å². The molecule has 26 heavy (non-hydrogen) atoms. The van der Waals surface area contributed by atoms with Crippen molar-refractivity contribution in [1.82, 2.24) is 5.32 Å². The van der Waals surface area contributed by atoms with E-state index in [1.807, 2.05) is 32.0 Å². The van der Waals surface area contributed by atoms with Crippen molar-refractivity contribution in [2.24, 2.45) is 0 Å². The molecule has 0 aliphatic heterocycles. The molecule has 2 atom stereocenters. The van der Waals surface area contributed by atoms with Crippen LogP contribution in [0.15, 0.2) is 42.5 Å². The highest BCUT2D eigenvalue weighted by molar-refractivity contribution is 7.80. The van der Waals surface area contributed by atoms with Crippen molar-refractivity contribution in [3.63, 3.8) is 0 Å². The Balaban J connectivity index is 2.04. The lowest BCUT2D eigenvalue weighted by atomic mass is 10.0. The van der Waals surface area contributed by atoms with E-state index in [2.05, 4.69) is 10.6 Å². The van der Waals surface area contributed by atoms with Crippen molar-refractivity contribution < 1.29 is 15.1 Å². The molecule has 2 aromatic carbocycles. The minimum absolute atomic E-state index is 0.0681. The van der Waals surface area contributed by atoms with Crippen LogP contribution in [0.5, 0.6) is 0 Å². The summed E-state index contributed by atoms with van der Waals surface area (Å²) in [4.78, 5) is 10.2. The highest BCUT2D eigenvalue weighted by atomic mass is 32.1. The molecule has 4 N–H and O–H groups in total. The van der Waals surface area contributed by atoms with Gasteiger partial charge in [0.05, 0.1) is 17.6 Å². The van der Waals surface area contributed by atoms with E-state index < -0.39 is 17.1 Å². The Labute approximate surface area is 156 Å². The quantitative estimate of drug-likeness (QED) is 0.349. The van der Waals surface area contributed by atoms with Crippen LogP contribution in [0.2, 0.25) is 0 Å². The van der Waals surface area contributed by atoms with Gasteiger partial charge >= 0.3 is 0 Å². The molecule has 0 saturated carbocycles. The number of aliphatic hydroxyl groups excluding tert-OH is 2. The third-order valence-corrected chi connectivity index (χ3v) is 4.04. The molecule has 0 aromatic heterocycles. The van der Waals surface area contributed by atoms with Crippen LogP contribution in [0.25, 0.3) is 0 Å². The Kier molecular flexibility index (Phi) is 6.62. The summed E-state index contributed by atoms with van der Waals surface area (Å²) in [5, 5.41) is 36.9. The first-order valence-corrected chi connectivity index (χ1v) is 8.40. The SMILES string of the molecule is Cc1cc(C)cc(NC(=S)NC(CO)C(O)c2ccc([N+](=O)[O-])cc2)c1. The summed E-state index contributed by atoms with van der Waals surface area (Å²) in [7, 11) is 0. The number of aryl methyl sites for hydroxylation is 2. The van der Waals surface area contributed by atoms with Gasteiger partial charge in [0.1, 0.15) is 6.10 Å². The monoisotopic (exact) mass is 375 g/mol. The number of rotatable bonds is 6. The Morgan fingerprint density at radius 3 is 2.27 bits per heavy atom. The van der Waals surface area contributed by atoms with E-state index in [1.54, 1.807) is 0 Å². The number of nitro groups is 1. The van der Waals surface area contributed by atoms with Crippen molar-refractivity contribution in [2.75, 3.05) is 11.9 Å². The highest BCUT2D eigenvalue weighted by Gasteiger charge is 2.22. The number of nitrogens with zero attached hydrogens (tertiary/aromatic N) is 1. The normalized spacial score (nSPS) is 12.9. The number of non-ortho nitro benzene ring substituents is 1. The second-order valence-corrected chi connectivity index (χ2v) is 6.47. The molecule has 0 bridgehead atoms. The largest absolute Gasteiger partial charge is 0.394 e. The fourth-order valence-electron chi connectivity index (χ4n) is 2.63. The molecule has 0 fully saturated rings. The summed E-state index contributed by atoms with van der Waals surface area (Å²) in [6, 6.07) is 10.7. The first-order valence-electron chi connectivity index (χ1n) is 7.99. The molecule has 8 heteroatoms. The van der Waals surface area contributed by atoms with Gasteiger partial charge in [0.15, 0.2) is 5.11 Å². The van der Waals surface area contributed by atoms with Crippen molar-refractivity contribution in [3.8, 4) is 0 Å². The van der Waals surface area contributed by atoms with Crippen LogP contribution in [-0.4, -0.2) is 32.9 Å². The highest BCUT2D eigenvalue weighted by Crippen LogP contribution is 2.21. The minimum atomic E-state index is -1.08. The Bertz CT molecular complexity index is 775. The summed E-state index contributed by atoms with van der Waals surface area (Å²) in [6.07, 6.45) is -1.08. The summed E-state index contributed by atoms with van der Waals surface area (Å²) >= 11 is 5.26. The predicted octanol–water partition coefficient (Wildman–Crippen LogP) is 2.59. The molecule has 2 aromatic rings. The van der Waals surface area contributed by atoms with E-state index in [0.29, 0.717) is 5.56 Å². The van der Waals surface area contributed by atoms with Crippen molar-refractivity contribution in [3.05, 3.63) is 69.3 Å². The average Bonchev–Trinajstić information content (AvgIpc) is 2.58. The van der Waals surface area contributed by atoms with Crippen LogP contribution in [0.3, 0.4) is 0 Å². The van der Waals surface area contributed by atoms with E-state index in [0.717, 1.165) is 16.8 Å². The predicted molar refractivity (Wildman–Crippen MR) is 104 cm³/mol. The maximum absolute atomic E-state index is 10.7. The molecule has 0 heterocycles. The molecule has 0 aliphatic carbocycles. The van der Waals surface area contributed by atoms with Gasteiger partial charge in [-0.15, -0.1) is 0 Å². The zero-order valence-corrected chi connectivity index (χ0v) is 15.3. The summed E-state index contributed by atoms with van der Waals surface area (Å²) in [6.45, 7) is 3.58. The fourth-order valence-corrected chi connectivity index (χ4v) is 2.90. The van der Waals surface area contributed by atoms with Gasteiger partial charge in [0.25, 0.3) is 5.69 Å². The molecule has 0 amide bonds. The standard InChI is InChI=1S/C18H21N3O4S/c1-11-7-12(2)9-14(8-11)19-18(26)20-16(10-22)17(23)13-3-5-15(6-4-13)21(24)25/h3-9,16-17,22-23H,10H2,1-2H3,(H2,19,20,26). The molecule has 0 aliphatic rings. The molecular weight excluding hydrogens is 354 g/mol. The number of thiocarbonyl (C=S) groups is 1. The van der Waals surface area contributed by atoms with Gasteiger partial charge in [-0.2, -0.15) is 0 Å². The number of nitrogens with one attached hydrogen (secondary N) is 2. The van der Waals surface area contributed by atoms with Gasteiger partial charge in [0.2, 0.25) is 0 Å². The molecule has 7 nitrogen and oxygen atoms in total. The Morgan fingerprint density at radius 1 is 1.19 bits per heavy atom. The lowest BCUT2D eigenvalue weighted by Gasteiger charge is -2.24. The smallest absolute Gasteiger partial charge is 0.269 e. The van der Waals surface area contributed by atoms with E-state index in [-0.39, 0.29) is 17.4 Å². The van der Waals surface area contributed by atoms with Crippen LogP contribution in [0.4, 0.5) is 11.4 Å². The minimum Gasteiger partial charge on any atom is -0.394 e. The van der Waals surface area contributed by atoms with E-state index in [1.165, 1.54) is 24.3 Å². The third-order valence-electron chi connectivity index (χ3n) is 3.82. The van der Waals surface area contributed by atoms with Crippen molar-refractivity contribution in [2.45, 2.75) is 26.0 Å². The molecule has 2 rings (SSSR count). The van der Waals surface area contributed by atoms with Gasteiger partial charge < -0.3 is 20.8 Å². The van der Waals surface area contributed by atoms with E-state index >= 15 is 0 Å². The van der Waals surface area contributed by atoms with Gasteiger partial charge in [0, 0.05) is 17.8 Å². The zero-order valence-electron chi connectivity index (χ0n) is 14.5. The fraction of sp³-hybridized carbons (Fsp3) is 0.278. The first-order chi connectivity index (χ1) is 12.3. The lowest BCUT2D eigenvalue weighted by Crippen LogP contribution is -2.43. The second kappa shape index (κ2) is 8.70. The topological polar surface area (TPSA) is 108 Å². The Morgan fingerprint density at radius 2 is 1.77 bits per heavy atom. The first kappa shape index (κ1) is 19.8. The number of aliphatic hydroxyl groups is 2. The molecule has 0 spiro atoms. The van der Waals surface area contributed by atoms with Crippen LogP contribution >= 0.6 is 12.2 Å². The number of hydrogen-bond acceptors (Lipinski definition) is 5. The third kappa shape index (κ3) is 5.22.